The summed E-state index contributed by atoms with van der Waals surface area (Å²) < 4.78 is 35.2. The molecule has 0 saturated heterocycles. The highest BCUT2D eigenvalue weighted by molar-refractivity contribution is 7.91. The molecule has 0 fully saturated rings. The second-order valence-electron chi connectivity index (χ2n) is 4.76. The minimum absolute atomic E-state index is 0.00310. The molecular formula is C14H22O4S. The maximum Gasteiger partial charge on any atom is 0.178 e. The van der Waals surface area contributed by atoms with Crippen molar-refractivity contribution < 1.29 is 17.9 Å². The molecule has 19 heavy (non-hydrogen) atoms. The van der Waals surface area contributed by atoms with Gasteiger partial charge in [-0.2, -0.15) is 0 Å². The van der Waals surface area contributed by atoms with E-state index in [0.29, 0.717) is 11.3 Å². The molecule has 1 aromatic rings. The van der Waals surface area contributed by atoms with E-state index in [2.05, 4.69) is 0 Å². The van der Waals surface area contributed by atoms with Crippen LogP contribution in [0, 0.1) is 5.92 Å². The lowest BCUT2D eigenvalue weighted by Gasteiger charge is -2.34. The van der Waals surface area contributed by atoms with Crippen LogP contribution in [0.3, 0.4) is 0 Å². The van der Waals surface area contributed by atoms with Crippen molar-refractivity contribution in [2.75, 3.05) is 20.0 Å². The van der Waals surface area contributed by atoms with E-state index in [4.69, 9.17) is 9.47 Å². The van der Waals surface area contributed by atoms with Crippen LogP contribution in [0.1, 0.15) is 20.3 Å². The normalized spacial score (nSPS) is 12.9. The van der Waals surface area contributed by atoms with E-state index in [1.807, 2.05) is 13.8 Å². The monoisotopic (exact) mass is 286 g/mol. The fourth-order valence-electron chi connectivity index (χ4n) is 2.07. The van der Waals surface area contributed by atoms with Crippen LogP contribution < -0.4 is 0 Å². The SMILES string of the molecule is COC(CCS(=O)(=O)c1ccccc1)(OC)C(C)C. The third-order valence-corrected chi connectivity index (χ3v) is 5.12. The fourth-order valence-corrected chi connectivity index (χ4v) is 3.43. The lowest BCUT2D eigenvalue weighted by Crippen LogP contribution is -2.41. The molecule has 0 amide bonds. The van der Waals surface area contributed by atoms with E-state index in [-0.39, 0.29) is 11.7 Å². The zero-order valence-corrected chi connectivity index (χ0v) is 12.7. The number of ether oxygens (including phenoxy) is 2. The van der Waals surface area contributed by atoms with Crippen molar-refractivity contribution in [3.63, 3.8) is 0 Å². The largest absolute Gasteiger partial charge is 0.353 e. The number of rotatable bonds is 7. The molecule has 0 unspecified atom stereocenters. The first-order valence-corrected chi connectivity index (χ1v) is 7.91. The molecule has 1 aromatic carbocycles. The van der Waals surface area contributed by atoms with Gasteiger partial charge in [-0.1, -0.05) is 32.0 Å². The van der Waals surface area contributed by atoms with Gasteiger partial charge in [-0.25, -0.2) is 8.42 Å². The molecule has 0 aliphatic carbocycles. The average molecular weight is 286 g/mol. The first-order chi connectivity index (χ1) is 8.88. The molecule has 0 bridgehead atoms. The molecule has 108 valence electrons. The minimum atomic E-state index is -3.31. The Morgan fingerprint density at radius 1 is 1.11 bits per heavy atom. The quantitative estimate of drug-likeness (QED) is 0.723. The molecule has 0 radical (unpaired) electrons. The number of sulfone groups is 1. The molecule has 5 heteroatoms. The molecule has 0 saturated carbocycles. The van der Waals surface area contributed by atoms with Crippen molar-refractivity contribution in [2.24, 2.45) is 5.92 Å². The zero-order chi connectivity index (χ0) is 14.5. The van der Waals surface area contributed by atoms with E-state index < -0.39 is 15.6 Å². The highest BCUT2D eigenvalue weighted by Gasteiger charge is 2.35. The van der Waals surface area contributed by atoms with E-state index in [0.717, 1.165) is 0 Å². The summed E-state index contributed by atoms with van der Waals surface area (Å²) in [7, 11) is -0.227. The zero-order valence-electron chi connectivity index (χ0n) is 11.9. The van der Waals surface area contributed by atoms with Gasteiger partial charge in [0.1, 0.15) is 0 Å². The summed E-state index contributed by atoms with van der Waals surface area (Å²) in [4.78, 5) is 0.333. The first-order valence-electron chi connectivity index (χ1n) is 6.26. The lowest BCUT2D eigenvalue weighted by atomic mass is 10.0. The second kappa shape index (κ2) is 6.50. The van der Waals surface area contributed by atoms with E-state index >= 15 is 0 Å². The summed E-state index contributed by atoms with van der Waals surface area (Å²) in [6.45, 7) is 3.89. The van der Waals surface area contributed by atoms with Gasteiger partial charge in [0, 0.05) is 26.6 Å². The van der Waals surface area contributed by atoms with Crippen LogP contribution in [0.4, 0.5) is 0 Å². The number of benzene rings is 1. The Bertz CT molecular complexity index is 475. The van der Waals surface area contributed by atoms with Gasteiger partial charge < -0.3 is 9.47 Å². The summed E-state index contributed by atoms with van der Waals surface area (Å²) in [5.74, 6) is -0.799. The lowest BCUT2D eigenvalue weighted by molar-refractivity contribution is -0.234. The van der Waals surface area contributed by atoms with Crippen molar-refractivity contribution in [3.8, 4) is 0 Å². The average Bonchev–Trinajstić information content (AvgIpc) is 2.41. The van der Waals surface area contributed by atoms with Gasteiger partial charge in [-0.05, 0) is 12.1 Å². The van der Waals surface area contributed by atoms with Crippen LogP contribution >= 0.6 is 0 Å². The first kappa shape index (κ1) is 16.1. The van der Waals surface area contributed by atoms with Gasteiger partial charge in [0.15, 0.2) is 15.6 Å². The van der Waals surface area contributed by atoms with Crippen LogP contribution in [0.5, 0.6) is 0 Å². The molecule has 0 atom stereocenters. The highest BCUT2D eigenvalue weighted by atomic mass is 32.2. The van der Waals surface area contributed by atoms with Gasteiger partial charge in [0.05, 0.1) is 10.6 Å². The van der Waals surface area contributed by atoms with Crippen LogP contribution in [0.15, 0.2) is 35.2 Å². The predicted octanol–water partition coefficient (Wildman–Crippen LogP) is 2.50. The smallest absolute Gasteiger partial charge is 0.178 e. The summed E-state index contributed by atoms with van der Waals surface area (Å²) in [5.41, 5.74) is 0. The third kappa shape index (κ3) is 3.78. The topological polar surface area (TPSA) is 52.6 Å². The molecule has 0 heterocycles. The van der Waals surface area contributed by atoms with Crippen LogP contribution in [0.2, 0.25) is 0 Å². The van der Waals surface area contributed by atoms with Gasteiger partial charge in [0.25, 0.3) is 0 Å². The maximum atomic E-state index is 12.2. The van der Waals surface area contributed by atoms with Crippen LogP contribution in [0.25, 0.3) is 0 Å². The van der Waals surface area contributed by atoms with Crippen molar-refractivity contribution in [2.45, 2.75) is 31.0 Å². The standard InChI is InChI=1S/C14H22O4S/c1-12(2)14(17-3,18-4)10-11-19(15,16)13-8-6-5-7-9-13/h5-9,12H,10-11H2,1-4H3. The van der Waals surface area contributed by atoms with Crippen LogP contribution in [-0.2, 0) is 19.3 Å². The van der Waals surface area contributed by atoms with Gasteiger partial charge >= 0.3 is 0 Å². The Morgan fingerprint density at radius 3 is 2.05 bits per heavy atom. The van der Waals surface area contributed by atoms with E-state index in [9.17, 15) is 8.42 Å². The predicted molar refractivity (Wildman–Crippen MR) is 74.7 cm³/mol. The Labute approximate surface area is 115 Å². The second-order valence-corrected chi connectivity index (χ2v) is 6.87. The molecular weight excluding hydrogens is 264 g/mol. The Kier molecular flexibility index (Phi) is 5.52. The molecule has 4 nitrogen and oxygen atoms in total. The highest BCUT2D eigenvalue weighted by Crippen LogP contribution is 2.27. The Hall–Kier alpha value is -0.910. The molecule has 1 rings (SSSR count). The van der Waals surface area contributed by atoms with E-state index in [1.165, 1.54) is 0 Å². The van der Waals surface area contributed by atoms with Gasteiger partial charge in [-0.3, -0.25) is 0 Å². The molecule has 0 spiro atoms. The molecule has 0 N–H and O–H groups in total. The molecule has 0 aromatic heterocycles. The molecule has 0 aliphatic heterocycles. The van der Waals surface area contributed by atoms with E-state index in [1.54, 1.807) is 44.6 Å². The third-order valence-electron chi connectivity index (χ3n) is 3.39. The van der Waals surface area contributed by atoms with Crippen molar-refractivity contribution in [1.29, 1.82) is 0 Å². The van der Waals surface area contributed by atoms with Crippen molar-refractivity contribution in [3.05, 3.63) is 30.3 Å². The number of hydrogen-bond donors (Lipinski definition) is 0. The van der Waals surface area contributed by atoms with Gasteiger partial charge in [-0.15, -0.1) is 0 Å². The maximum absolute atomic E-state index is 12.2. The van der Waals surface area contributed by atoms with Crippen LogP contribution in [-0.4, -0.2) is 34.2 Å². The summed E-state index contributed by atoms with van der Waals surface area (Å²) in [6, 6.07) is 8.43. The summed E-state index contributed by atoms with van der Waals surface area (Å²) >= 11 is 0. The minimum Gasteiger partial charge on any atom is -0.353 e. The summed E-state index contributed by atoms with van der Waals surface area (Å²) in [5, 5.41) is 0. The van der Waals surface area contributed by atoms with Crippen molar-refractivity contribution >= 4 is 9.84 Å². The summed E-state index contributed by atoms with van der Waals surface area (Å²) in [6.07, 6.45) is 0.300. The fraction of sp³-hybridized carbons (Fsp3) is 0.571. The van der Waals surface area contributed by atoms with Gasteiger partial charge in [0.2, 0.25) is 0 Å². The van der Waals surface area contributed by atoms with Crippen molar-refractivity contribution in [1.82, 2.24) is 0 Å². The Morgan fingerprint density at radius 2 is 1.63 bits per heavy atom. The number of methoxy groups -OCH3 is 2. The number of hydrogen-bond acceptors (Lipinski definition) is 4. The molecule has 0 aliphatic rings. The Balaban J connectivity index is 2.86.